The van der Waals surface area contributed by atoms with Crippen molar-refractivity contribution in [2.45, 2.75) is 6.92 Å². The van der Waals surface area contributed by atoms with E-state index in [1.165, 1.54) is 6.07 Å². The molecule has 2 aliphatic rings. The van der Waals surface area contributed by atoms with Crippen LogP contribution in [0.15, 0.2) is 73.8 Å². The van der Waals surface area contributed by atoms with Gasteiger partial charge in [0.25, 0.3) is 5.69 Å². The van der Waals surface area contributed by atoms with Gasteiger partial charge in [-0.25, -0.2) is 9.83 Å². The highest BCUT2D eigenvalue weighted by molar-refractivity contribution is 6.00. The maximum Gasteiger partial charge on any atom is 0.281 e. The number of hydrazine groups is 1. The van der Waals surface area contributed by atoms with Crippen molar-refractivity contribution in [3.8, 4) is 0 Å². The number of pyridine rings is 1. The van der Waals surface area contributed by atoms with Gasteiger partial charge in [-0.2, -0.15) is 0 Å². The summed E-state index contributed by atoms with van der Waals surface area (Å²) in [6, 6.07) is 12.9. The van der Waals surface area contributed by atoms with E-state index in [2.05, 4.69) is 26.0 Å². The fraction of sp³-hybridized carbons (Fsp3) is 0.0370. The molecule has 0 atom stereocenters. The number of hydrogen-bond acceptors (Lipinski definition) is 11. The highest BCUT2D eigenvalue weighted by Crippen LogP contribution is 2.37. The molecule has 5 rings (SSSR count). The molecule has 0 unspecified atom stereocenters. The number of anilines is 5. The van der Waals surface area contributed by atoms with Crippen molar-refractivity contribution in [2.24, 2.45) is 0 Å². The smallest absolute Gasteiger partial charge is 0.281 e. The van der Waals surface area contributed by atoms with Crippen molar-refractivity contribution in [3.05, 3.63) is 133 Å². The number of nitrogens with two attached hydrogens (primary N) is 1. The molecule has 0 spiro atoms. The van der Waals surface area contributed by atoms with Gasteiger partial charge in [0.05, 0.1) is 38.7 Å². The third-order valence-corrected chi connectivity index (χ3v) is 6.33. The molecule has 0 fully saturated rings. The lowest BCUT2D eigenvalue weighted by atomic mass is 10.0. The molecule has 0 amide bonds. The zero-order valence-corrected chi connectivity index (χ0v) is 20.6. The quantitative estimate of drug-likeness (QED) is 0.142. The molecular weight excluding hydrogens is 518 g/mol. The molecule has 13 heteroatoms. The van der Waals surface area contributed by atoms with Crippen molar-refractivity contribution in [3.63, 3.8) is 0 Å². The number of hydrogen-bond donors (Lipinski definition) is 4. The summed E-state index contributed by atoms with van der Waals surface area (Å²) >= 11 is 0. The topological polar surface area (TPSA) is 191 Å². The van der Waals surface area contributed by atoms with Crippen LogP contribution in [0.2, 0.25) is 0 Å². The van der Waals surface area contributed by atoms with Crippen LogP contribution in [0.1, 0.15) is 5.56 Å². The van der Waals surface area contributed by atoms with E-state index >= 15 is 0 Å². The molecule has 196 valence electrons. The monoisotopic (exact) mass is 535 g/mol. The summed E-state index contributed by atoms with van der Waals surface area (Å²) in [5.41, 5.74) is 8.28. The van der Waals surface area contributed by atoms with Crippen LogP contribution in [-0.2, 0) is 0 Å². The number of benzene rings is 2. The number of fused-ring (bicyclic) bond motifs is 1. The second-order valence-electron chi connectivity index (χ2n) is 8.66. The molecule has 1 aromatic heterocycles. The van der Waals surface area contributed by atoms with Crippen LogP contribution in [0.4, 0.5) is 40.1 Å². The van der Waals surface area contributed by atoms with Crippen molar-refractivity contribution in [2.75, 3.05) is 21.9 Å². The third-order valence-electron chi connectivity index (χ3n) is 6.33. The lowest BCUT2D eigenvalue weighted by Gasteiger charge is -2.19. The Bertz CT molecular complexity index is 2190. The van der Waals surface area contributed by atoms with Gasteiger partial charge in [0.1, 0.15) is 11.2 Å². The van der Waals surface area contributed by atoms with Crippen molar-refractivity contribution in [1.29, 1.82) is 0 Å². The van der Waals surface area contributed by atoms with Crippen LogP contribution in [0.25, 0.3) is 15.6 Å². The van der Waals surface area contributed by atoms with Gasteiger partial charge in [0.15, 0.2) is 16.7 Å². The predicted octanol–water partition coefficient (Wildman–Crippen LogP) is 2.81. The lowest BCUT2D eigenvalue weighted by Crippen LogP contribution is -2.29. The van der Waals surface area contributed by atoms with E-state index in [4.69, 9.17) is 12.3 Å². The molecule has 3 aromatic rings. The van der Waals surface area contributed by atoms with Crippen LogP contribution >= 0.6 is 0 Å². The van der Waals surface area contributed by atoms with Crippen LogP contribution in [0.3, 0.4) is 0 Å². The second kappa shape index (κ2) is 9.62. The predicted molar refractivity (Wildman–Crippen MR) is 150 cm³/mol. The zero-order valence-electron chi connectivity index (χ0n) is 20.6. The molecule has 2 aliphatic carbocycles. The summed E-state index contributed by atoms with van der Waals surface area (Å²) in [6.07, 6.45) is 0. The molecule has 0 bridgehead atoms. The van der Waals surface area contributed by atoms with Crippen LogP contribution in [0.5, 0.6) is 0 Å². The number of nitrogens with zero attached hydrogens (tertiary/aromatic N) is 3. The Hall–Kier alpha value is -6.16. The van der Waals surface area contributed by atoms with Crippen LogP contribution < -0.4 is 43.6 Å². The minimum atomic E-state index is -1.10. The van der Waals surface area contributed by atoms with Crippen molar-refractivity contribution < 1.29 is 4.92 Å². The van der Waals surface area contributed by atoms with Gasteiger partial charge in [0.2, 0.25) is 16.5 Å². The minimum Gasteiger partial charge on any atom is -0.392 e. The fourth-order valence-electron chi connectivity index (χ4n) is 4.47. The van der Waals surface area contributed by atoms with E-state index in [-0.39, 0.29) is 28.7 Å². The molecule has 5 N–H and O–H groups in total. The highest BCUT2D eigenvalue weighted by atomic mass is 16.6. The van der Waals surface area contributed by atoms with Crippen LogP contribution in [-0.4, -0.2) is 9.91 Å². The normalized spacial score (nSPS) is 10.8. The molecule has 1 heterocycles. The Labute approximate surface area is 222 Å². The molecule has 13 nitrogen and oxygen atoms in total. The largest absolute Gasteiger partial charge is 0.392 e. The molecule has 0 radical (unpaired) electrons. The number of nitro benzene ring substituents is 1. The Morgan fingerprint density at radius 3 is 2.12 bits per heavy atom. The Morgan fingerprint density at radius 1 is 0.900 bits per heavy atom. The SMILES string of the molecule is [C-]#[N+]c1c(N)nc(Nc2ccccc2)c(NNc2ccc([N+](=O)[O-])c3c(=O)c4c(=O)ccc(=O)c=4c(=O)c23)c1C. The summed E-state index contributed by atoms with van der Waals surface area (Å²) < 4.78 is 0. The highest BCUT2D eigenvalue weighted by Gasteiger charge is 2.24. The first-order chi connectivity index (χ1) is 19.1. The van der Waals surface area contributed by atoms with E-state index in [0.29, 0.717) is 11.3 Å². The number of nitrogen functional groups attached to an aromatic ring is 1. The Kier molecular flexibility index (Phi) is 6.13. The van der Waals surface area contributed by atoms with Crippen molar-refractivity contribution in [1.82, 2.24) is 4.98 Å². The number of nitrogens with one attached hydrogen (secondary N) is 3. The van der Waals surface area contributed by atoms with E-state index < -0.39 is 53.5 Å². The fourth-order valence-corrected chi connectivity index (χ4v) is 4.47. The summed E-state index contributed by atoms with van der Waals surface area (Å²) in [5, 5.41) is 12.4. The maximum absolute atomic E-state index is 13.5. The van der Waals surface area contributed by atoms with Gasteiger partial charge in [-0.15, -0.1) is 0 Å². The van der Waals surface area contributed by atoms with Crippen molar-refractivity contribution >= 4 is 50.8 Å². The summed E-state index contributed by atoms with van der Waals surface area (Å²) in [6.45, 7) is 9.10. The van der Waals surface area contributed by atoms with Gasteiger partial charge in [-0.05, 0) is 42.8 Å². The molecule has 40 heavy (non-hydrogen) atoms. The Morgan fingerprint density at radius 2 is 1.52 bits per heavy atom. The average Bonchev–Trinajstić information content (AvgIpc) is 2.93. The summed E-state index contributed by atoms with van der Waals surface area (Å²) in [5.74, 6) is 0.181. The Balaban J connectivity index is 1.74. The standard InChI is InChI=1S/C27H17N7O6/c1-12-22(29-2)26(28)31-27(30-13-6-4-3-5-7-13)23(12)33-32-14-8-9-15(34(39)40)19-18(14)24(37)20-16(35)10-11-17(36)21(20)25(19)38/h3-11,32-33H,1H3,(H3,28,30,31). The van der Waals surface area contributed by atoms with Gasteiger partial charge in [0, 0.05) is 11.8 Å². The van der Waals surface area contributed by atoms with Crippen LogP contribution in [0, 0.1) is 34.0 Å². The molecule has 2 aromatic carbocycles. The number of nitro groups is 1. The average molecular weight is 535 g/mol. The molecule has 0 aliphatic heterocycles. The van der Waals surface area contributed by atoms with E-state index in [1.54, 1.807) is 31.2 Å². The van der Waals surface area contributed by atoms with Gasteiger partial charge in [-0.1, -0.05) is 18.2 Å². The molecule has 0 saturated carbocycles. The van der Waals surface area contributed by atoms with E-state index in [9.17, 15) is 29.3 Å². The first-order valence-corrected chi connectivity index (χ1v) is 11.6. The van der Waals surface area contributed by atoms with Gasteiger partial charge < -0.3 is 16.5 Å². The maximum atomic E-state index is 13.5. The number of rotatable bonds is 6. The number of para-hydroxylation sites is 1. The zero-order chi connectivity index (χ0) is 28.7. The first-order valence-electron chi connectivity index (χ1n) is 11.6. The minimum absolute atomic E-state index is 0.0297. The second-order valence-corrected chi connectivity index (χ2v) is 8.66. The first kappa shape index (κ1) is 25.5. The van der Waals surface area contributed by atoms with Gasteiger partial charge in [-0.3, -0.25) is 34.7 Å². The third kappa shape index (κ3) is 4.02. The van der Waals surface area contributed by atoms with E-state index in [1.807, 2.05) is 6.07 Å². The lowest BCUT2D eigenvalue weighted by molar-refractivity contribution is -0.383. The molecule has 0 saturated heterocycles. The number of aromatic nitrogens is 1. The summed E-state index contributed by atoms with van der Waals surface area (Å²) in [7, 11) is 0. The molecular formula is C27H17N7O6. The van der Waals surface area contributed by atoms with Gasteiger partial charge >= 0.3 is 0 Å². The van der Waals surface area contributed by atoms with E-state index in [0.717, 1.165) is 18.2 Å². The summed E-state index contributed by atoms with van der Waals surface area (Å²) in [4.78, 5) is 70.3. The number of non-ortho nitro benzene ring substituents is 1.